The van der Waals surface area contributed by atoms with E-state index in [9.17, 15) is 18.0 Å². The van der Waals surface area contributed by atoms with Gasteiger partial charge in [-0.15, -0.1) is 35.8 Å². The van der Waals surface area contributed by atoms with Gasteiger partial charge in [0.15, 0.2) is 0 Å². The van der Waals surface area contributed by atoms with Gasteiger partial charge in [-0.2, -0.15) is 0 Å². The van der Waals surface area contributed by atoms with Crippen molar-refractivity contribution >= 4 is 37.9 Å². The topological polar surface area (TPSA) is 26.3 Å². The van der Waals surface area contributed by atoms with Crippen LogP contribution in [0.15, 0.2) is 41.8 Å². The van der Waals surface area contributed by atoms with Crippen LogP contribution in [0, 0.1) is 0 Å². The number of benzene rings is 1. The first kappa shape index (κ1) is 14.1. The lowest BCUT2D eigenvalue weighted by atomic mass is 10.1. The van der Waals surface area contributed by atoms with Crippen molar-refractivity contribution in [3.63, 3.8) is 0 Å². The van der Waals surface area contributed by atoms with Gasteiger partial charge in [-0.25, -0.2) is 0 Å². The van der Waals surface area contributed by atoms with E-state index < -0.39 is 17.9 Å². The molecule has 3 rings (SSSR count). The summed E-state index contributed by atoms with van der Waals surface area (Å²) in [6.07, 6.45) is -4.83. The van der Waals surface area contributed by atoms with Crippen LogP contribution in [0.25, 0.3) is 9.40 Å². The van der Waals surface area contributed by atoms with Gasteiger partial charge >= 0.3 is 6.36 Å². The molecule has 2 heterocycles. The van der Waals surface area contributed by atoms with E-state index in [0.29, 0.717) is 4.88 Å². The van der Waals surface area contributed by atoms with Crippen molar-refractivity contribution in [1.29, 1.82) is 0 Å². The van der Waals surface area contributed by atoms with Gasteiger partial charge in [0.05, 0.1) is 10.4 Å². The minimum atomic E-state index is -4.83. The Labute approximate surface area is 125 Å². The summed E-state index contributed by atoms with van der Waals surface area (Å²) in [6.45, 7) is 0. The fourth-order valence-corrected chi connectivity index (χ4v) is 3.94. The largest absolute Gasteiger partial charge is 0.573 e. The highest BCUT2D eigenvalue weighted by Crippen LogP contribution is 2.34. The summed E-state index contributed by atoms with van der Waals surface area (Å²) in [5.74, 6) is -0.949. The van der Waals surface area contributed by atoms with E-state index in [1.54, 1.807) is 6.07 Å². The SMILES string of the molecule is O=C(c1cc2sccc2s1)c1ccccc1OC(F)(F)F. The van der Waals surface area contributed by atoms with Gasteiger partial charge in [0.1, 0.15) is 5.75 Å². The standard InChI is InChI=1S/C14H7F3O2S2/c15-14(16,17)19-9-4-2-1-3-8(9)13(18)12-7-11-10(21-12)5-6-20-11/h1-7H. The van der Waals surface area contributed by atoms with Crippen molar-refractivity contribution in [3.05, 3.63) is 52.2 Å². The highest BCUT2D eigenvalue weighted by molar-refractivity contribution is 7.28. The second-order valence-corrected chi connectivity index (χ2v) is 6.16. The second-order valence-electron chi connectivity index (χ2n) is 4.13. The number of alkyl halides is 3. The highest BCUT2D eigenvalue weighted by atomic mass is 32.1. The molecule has 0 aliphatic heterocycles. The lowest BCUT2D eigenvalue weighted by Crippen LogP contribution is -2.19. The monoisotopic (exact) mass is 328 g/mol. The minimum Gasteiger partial charge on any atom is -0.405 e. The Morgan fingerprint density at radius 2 is 1.86 bits per heavy atom. The molecule has 21 heavy (non-hydrogen) atoms. The molecule has 2 nitrogen and oxygen atoms in total. The maximum Gasteiger partial charge on any atom is 0.573 e. The van der Waals surface area contributed by atoms with E-state index in [-0.39, 0.29) is 5.56 Å². The summed E-state index contributed by atoms with van der Waals surface area (Å²) in [7, 11) is 0. The van der Waals surface area contributed by atoms with Crippen molar-refractivity contribution in [2.24, 2.45) is 0 Å². The number of fused-ring (bicyclic) bond motifs is 1. The summed E-state index contributed by atoms with van der Waals surface area (Å²) in [5, 5.41) is 1.90. The van der Waals surface area contributed by atoms with E-state index >= 15 is 0 Å². The van der Waals surface area contributed by atoms with Crippen LogP contribution < -0.4 is 4.74 Å². The molecule has 0 unspecified atom stereocenters. The van der Waals surface area contributed by atoms with Gasteiger partial charge < -0.3 is 4.74 Å². The average Bonchev–Trinajstić information content (AvgIpc) is 2.97. The molecule has 1 aromatic carbocycles. The minimum absolute atomic E-state index is 0.0938. The van der Waals surface area contributed by atoms with E-state index in [2.05, 4.69) is 4.74 Å². The van der Waals surface area contributed by atoms with Crippen molar-refractivity contribution < 1.29 is 22.7 Å². The molecule has 7 heteroatoms. The molecular formula is C14H7F3O2S2. The molecule has 0 radical (unpaired) electrons. The molecule has 108 valence electrons. The third-order valence-electron chi connectivity index (χ3n) is 2.72. The Morgan fingerprint density at radius 1 is 1.10 bits per heavy atom. The Hall–Kier alpha value is -1.86. The van der Waals surface area contributed by atoms with Gasteiger partial charge in [0, 0.05) is 9.40 Å². The molecule has 0 saturated carbocycles. The molecule has 0 atom stereocenters. The quantitative estimate of drug-likeness (QED) is 0.626. The number of ether oxygens (including phenoxy) is 1. The first-order valence-corrected chi connectivity index (χ1v) is 7.50. The van der Waals surface area contributed by atoms with Crippen molar-refractivity contribution in [1.82, 2.24) is 0 Å². The molecule has 0 N–H and O–H groups in total. The van der Waals surface area contributed by atoms with Crippen LogP contribution in [-0.4, -0.2) is 12.1 Å². The second kappa shape index (κ2) is 5.16. The molecule has 0 fully saturated rings. The number of halogens is 3. The lowest BCUT2D eigenvalue weighted by molar-refractivity contribution is -0.274. The Balaban J connectivity index is 1.99. The molecule has 3 aromatic rings. The fraction of sp³-hybridized carbons (Fsp3) is 0.0714. The fourth-order valence-electron chi connectivity index (χ4n) is 1.88. The third-order valence-corrected chi connectivity index (χ3v) is 4.81. The number of ketones is 1. The van der Waals surface area contributed by atoms with Crippen LogP contribution in [0.1, 0.15) is 15.2 Å². The van der Waals surface area contributed by atoms with Gasteiger partial charge in [-0.05, 0) is 29.6 Å². The molecule has 0 aliphatic rings. The van der Waals surface area contributed by atoms with Gasteiger partial charge in [0.25, 0.3) is 0 Å². The number of hydrogen-bond acceptors (Lipinski definition) is 4. The zero-order valence-electron chi connectivity index (χ0n) is 10.3. The lowest BCUT2D eigenvalue weighted by Gasteiger charge is -2.11. The zero-order valence-corrected chi connectivity index (χ0v) is 11.9. The first-order valence-electron chi connectivity index (χ1n) is 5.80. The van der Waals surface area contributed by atoms with E-state index in [0.717, 1.165) is 15.5 Å². The van der Waals surface area contributed by atoms with Crippen LogP contribution >= 0.6 is 22.7 Å². The number of carbonyl (C=O) groups is 1. The van der Waals surface area contributed by atoms with Crippen LogP contribution in [0.3, 0.4) is 0 Å². The van der Waals surface area contributed by atoms with Crippen LogP contribution in [-0.2, 0) is 0 Å². The van der Waals surface area contributed by atoms with E-state index in [4.69, 9.17) is 0 Å². The summed E-state index contributed by atoms with van der Waals surface area (Å²) < 4.78 is 42.9. The molecule has 0 amide bonds. The van der Waals surface area contributed by atoms with E-state index in [1.165, 1.54) is 40.9 Å². The van der Waals surface area contributed by atoms with Crippen molar-refractivity contribution in [2.75, 3.05) is 0 Å². The maximum absolute atomic E-state index is 12.4. The van der Waals surface area contributed by atoms with Crippen LogP contribution in [0.5, 0.6) is 5.75 Å². The smallest absolute Gasteiger partial charge is 0.405 e. The van der Waals surface area contributed by atoms with Gasteiger partial charge in [-0.1, -0.05) is 12.1 Å². The normalized spacial score (nSPS) is 11.8. The summed E-state index contributed by atoms with van der Waals surface area (Å²) in [4.78, 5) is 12.8. The Bertz CT molecular complexity index is 773. The molecule has 0 saturated heterocycles. The van der Waals surface area contributed by atoms with Crippen LogP contribution in [0.2, 0.25) is 0 Å². The number of para-hydroxylation sites is 1. The molecule has 0 bridgehead atoms. The van der Waals surface area contributed by atoms with Crippen molar-refractivity contribution in [2.45, 2.75) is 6.36 Å². The maximum atomic E-state index is 12.4. The third kappa shape index (κ3) is 2.93. The first-order chi connectivity index (χ1) is 9.94. The number of rotatable bonds is 3. The molecule has 0 spiro atoms. The number of thiophene rings is 2. The van der Waals surface area contributed by atoms with Gasteiger partial charge in [0.2, 0.25) is 5.78 Å². The number of hydrogen-bond donors (Lipinski definition) is 0. The highest BCUT2D eigenvalue weighted by Gasteiger charge is 2.33. The zero-order chi connectivity index (χ0) is 15.0. The van der Waals surface area contributed by atoms with Crippen molar-refractivity contribution in [3.8, 4) is 5.75 Å². The van der Waals surface area contributed by atoms with Gasteiger partial charge in [-0.3, -0.25) is 4.79 Å². The van der Waals surface area contributed by atoms with Crippen LogP contribution in [0.4, 0.5) is 13.2 Å². The Kier molecular flexibility index (Phi) is 3.46. The molecular weight excluding hydrogens is 321 g/mol. The average molecular weight is 328 g/mol. The molecule has 2 aromatic heterocycles. The van der Waals surface area contributed by atoms with E-state index in [1.807, 2.05) is 11.4 Å². The predicted molar refractivity (Wildman–Crippen MR) is 76.3 cm³/mol. The number of carbonyl (C=O) groups excluding carboxylic acids is 1. The molecule has 0 aliphatic carbocycles. The summed E-state index contributed by atoms with van der Waals surface area (Å²) in [6, 6.07) is 8.93. The predicted octanol–water partition coefficient (Wildman–Crippen LogP) is 5.09. The summed E-state index contributed by atoms with van der Waals surface area (Å²) in [5.41, 5.74) is -0.0938. The Morgan fingerprint density at radius 3 is 2.57 bits per heavy atom. The summed E-state index contributed by atoms with van der Waals surface area (Å²) >= 11 is 2.74.